The van der Waals surface area contributed by atoms with Gasteiger partial charge in [0.05, 0.1) is 6.04 Å². The van der Waals surface area contributed by atoms with Crippen molar-refractivity contribution in [2.24, 2.45) is 0 Å². The maximum Gasteiger partial charge on any atom is 0.221 e. The zero-order valence-electron chi connectivity index (χ0n) is 12.8. The van der Waals surface area contributed by atoms with Crippen LogP contribution in [0.3, 0.4) is 0 Å². The number of carbonyl (C=O) groups excluding carboxylic acids is 1. The summed E-state index contributed by atoms with van der Waals surface area (Å²) in [6.07, 6.45) is 0.538. The molecular weight excluding hydrogens is 258 g/mol. The highest BCUT2D eigenvalue weighted by Gasteiger charge is 2.45. The lowest BCUT2D eigenvalue weighted by Crippen LogP contribution is -2.31. The topological polar surface area (TPSA) is 29.1 Å². The second-order valence-corrected chi connectivity index (χ2v) is 6.32. The molecule has 1 saturated heterocycles. The average molecular weight is 279 g/mol. The second kappa shape index (κ2) is 5.03. The zero-order valence-corrected chi connectivity index (χ0v) is 12.8. The first-order valence-corrected chi connectivity index (χ1v) is 7.43. The van der Waals surface area contributed by atoms with Crippen molar-refractivity contribution in [1.29, 1.82) is 0 Å². The van der Waals surface area contributed by atoms with Crippen LogP contribution in [0, 0.1) is 13.8 Å². The van der Waals surface area contributed by atoms with Crippen LogP contribution in [0.25, 0.3) is 0 Å². The van der Waals surface area contributed by atoms with Crippen LogP contribution < -0.4 is 5.32 Å². The highest BCUT2D eigenvalue weighted by atomic mass is 16.2. The van der Waals surface area contributed by atoms with Crippen LogP contribution in [0.5, 0.6) is 0 Å². The largest absolute Gasteiger partial charge is 0.348 e. The molecule has 0 aromatic heterocycles. The molecule has 1 aliphatic heterocycles. The van der Waals surface area contributed by atoms with Crippen molar-refractivity contribution in [2.75, 3.05) is 0 Å². The smallest absolute Gasteiger partial charge is 0.221 e. The van der Waals surface area contributed by atoms with Crippen LogP contribution in [0.4, 0.5) is 0 Å². The summed E-state index contributed by atoms with van der Waals surface area (Å²) in [4.78, 5) is 12.1. The van der Waals surface area contributed by atoms with E-state index in [0.717, 1.165) is 0 Å². The van der Waals surface area contributed by atoms with Gasteiger partial charge in [-0.3, -0.25) is 4.79 Å². The van der Waals surface area contributed by atoms with E-state index in [2.05, 4.69) is 56.4 Å². The molecule has 2 aromatic carbocycles. The SMILES string of the molecule is Cc1ccc(C2(C)CC(=O)NC2c2ccccc2)c(C)c1. The fourth-order valence-corrected chi connectivity index (χ4v) is 3.61. The summed E-state index contributed by atoms with van der Waals surface area (Å²) in [5, 5.41) is 3.16. The van der Waals surface area contributed by atoms with Crippen molar-refractivity contribution in [1.82, 2.24) is 5.32 Å². The molecule has 0 bridgehead atoms. The monoisotopic (exact) mass is 279 g/mol. The van der Waals surface area contributed by atoms with Gasteiger partial charge in [-0.1, -0.05) is 61.0 Å². The highest BCUT2D eigenvalue weighted by Crippen LogP contribution is 2.45. The van der Waals surface area contributed by atoms with E-state index in [1.54, 1.807) is 0 Å². The molecule has 108 valence electrons. The van der Waals surface area contributed by atoms with Gasteiger partial charge in [-0.05, 0) is 30.5 Å². The van der Waals surface area contributed by atoms with Gasteiger partial charge in [0.25, 0.3) is 0 Å². The molecule has 2 atom stereocenters. The lowest BCUT2D eigenvalue weighted by molar-refractivity contribution is -0.119. The molecular formula is C19H21NO. The van der Waals surface area contributed by atoms with E-state index in [1.807, 2.05) is 18.2 Å². The molecule has 0 radical (unpaired) electrons. The van der Waals surface area contributed by atoms with Crippen molar-refractivity contribution in [3.05, 3.63) is 70.8 Å². The van der Waals surface area contributed by atoms with E-state index < -0.39 is 0 Å². The van der Waals surface area contributed by atoms with Crippen LogP contribution in [0.15, 0.2) is 48.5 Å². The summed E-state index contributed by atoms with van der Waals surface area (Å²) >= 11 is 0. The molecule has 2 aromatic rings. The maximum absolute atomic E-state index is 12.1. The Balaban J connectivity index is 2.10. The van der Waals surface area contributed by atoms with Crippen LogP contribution in [-0.2, 0) is 10.2 Å². The molecule has 1 aliphatic rings. The Bertz CT molecular complexity index is 677. The predicted molar refractivity (Wildman–Crippen MR) is 85.2 cm³/mol. The molecule has 1 N–H and O–H groups in total. The Kier molecular flexibility index (Phi) is 3.32. The normalized spacial score (nSPS) is 24.9. The van der Waals surface area contributed by atoms with Crippen molar-refractivity contribution in [2.45, 2.75) is 38.6 Å². The minimum Gasteiger partial charge on any atom is -0.348 e. The Morgan fingerprint density at radius 1 is 1.10 bits per heavy atom. The molecule has 0 spiro atoms. The van der Waals surface area contributed by atoms with E-state index in [4.69, 9.17) is 0 Å². The Hall–Kier alpha value is -2.09. The lowest BCUT2D eigenvalue weighted by atomic mass is 9.72. The molecule has 2 nitrogen and oxygen atoms in total. The number of carbonyl (C=O) groups is 1. The van der Waals surface area contributed by atoms with Crippen molar-refractivity contribution in [3.63, 3.8) is 0 Å². The van der Waals surface area contributed by atoms with Gasteiger partial charge in [-0.15, -0.1) is 0 Å². The number of rotatable bonds is 2. The molecule has 2 heteroatoms. The van der Waals surface area contributed by atoms with Crippen molar-refractivity contribution in [3.8, 4) is 0 Å². The van der Waals surface area contributed by atoms with Gasteiger partial charge >= 0.3 is 0 Å². The summed E-state index contributed by atoms with van der Waals surface area (Å²) in [5.41, 5.74) is 4.76. The van der Waals surface area contributed by atoms with Crippen LogP contribution in [-0.4, -0.2) is 5.91 Å². The summed E-state index contributed by atoms with van der Waals surface area (Å²) < 4.78 is 0. The maximum atomic E-state index is 12.1. The first-order chi connectivity index (χ1) is 10.0. The van der Waals surface area contributed by atoms with Gasteiger partial charge in [-0.2, -0.15) is 0 Å². The number of benzene rings is 2. The molecule has 0 aliphatic carbocycles. The van der Waals surface area contributed by atoms with E-state index in [9.17, 15) is 4.79 Å². The average Bonchev–Trinajstić information content (AvgIpc) is 2.75. The Morgan fingerprint density at radius 3 is 2.48 bits per heavy atom. The fraction of sp³-hybridized carbons (Fsp3) is 0.316. The molecule has 3 rings (SSSR count). The number of amides is 1. The van der Waals surface area contributed by atoms with Gasteiger partial charge < -0.3 is 5.32 Å². The number of hydrogen-bond donors (Lipinski definition) is 1. The van der Waals surface area contributed by atoms with Crippen LogP contribution in [0.2, 0.25) is 0 Å². The molecule has 0 saturated carbocycles. The zero-order chi connectivity index (χ0) is 15.0. The third-order valence-corrected chi connectivity index (χ3v) is 4.60. The third kappa shape index (κ3) is 2.35. The first kappa shape index (κ1) is 13.9. The standard InChI is InChI=1S/C19H21NO/c1-13-9-10-16(14(2)11-13)19(3)12-17(21)20-18(19)15-7-5-4-6-8-15/h4-11,18H,12H2,1-3H3,(H,20,21). The Labute approximate surface area is 126 Å². The van der Waals surface area contributed by atoms with Crippen LogP contribution >= 0.6 is 0 Å². The predicted octanol–water partition coefficient (Wildman–Crippen LogP) is 3.82. The minimum atomic E-state index is -0.198. The number of nitrogens with one attached hydrogen (secondary N) is 1. The van der Waals surface area contributed by atoms with Crippen LogP contribution in [0.1, 0.15) is 41.6 Å². The quantitative estimate of drug-likeness (QED) is 0.889. The third-order valence-electron chi connectivity index (χ3n) is 4.60. The molecule has 1 amide bonds. The summed E-state index contributed by atoms with van der Waals surface area (Å²) in [6, 6.07) is 16.8. The highest BCUT2D eigenvalue weighted by molar-refractivity contribution is 5.82. The lowest BCUT2D eigenvalue weighted by Gasteiger charge is -2.32. The first-order valence-electron chi connectivity index (χ1n) is 7.43. The van der Waals surface area contributed by atoms with Gasteiger partial charge in [0.15, 0.2) is 0 Å². The number of hydrogen-bond acceptors (Lipinski definition) is 1. The van der Waals surface area contributed by atoms with E-state index in [1.165, 1.54) is 22.3 Å². The summed E-state index contributed by atoms with van der Waals surface area (Å²) in [5.74, 6) is 0.131. The van der Waals surface area contributed by atoms with Gasteiger partial charge in [0, 0.05) is 11.8 Å². The fourth-order valence-electron chi connectivity index (χ4n) is 3.61. The van der Waals surface area contributed by atoms with Gasteiger partial charge in [0.2, 0.25) is 5.91 Å². The van der Waals surface area contributed by atoms with Crippen molar-refractivity contribution >= 4 is 5.91 Å². The van der Waals surface area contributed by atoms with E-state index in [-0.39, 0.29) is 17.4 Å². The molecule has 21 heavy (non-hydrogen) atoms. The van der Waals surface area contributed by atoms with Crippen molar-refractivity contribution < 1.29 is 4.79 Å². The van der Waals surface area contributed by atoms with E-state index >= 15 is 0 Å². The summed E-state index contributed by atoms with van der Waals surface area (Å²) in [6.45, 7) is 6.44. The Morgan fingerprint density at radius 2 is 1.81 bits per heavy atom. The summed E-state index contributed by atoms with van der Waals surface area (Å²) in [7, 11) is 0. The molecule has 1 heterocycles. The number of aryl methyl sites for hydroxylation is 2. The minimum absolute atomic E-state index is 0.0348. The van der Waals surface area contributed by atoms with Gasteiger partial charge in [0.1, 0.15) is 0 Å². The molecule has 1 fully saturated rings. The molecule has 2 unspecified atom stereocenters. The second-order valence-electron chi connectivity index (χ2n) is 6.32. The van der Waals surface area contributed by atoms with E-state index in [0.29, 0.717) is 6.42 Å². The van der Waals surface area contributed by atoms with Gasteiger partial charge in [-0.25, -0.2) is 0 Å².